The Hall–Kier alpha value is -6.45. The molecule has 10 rings (SSSR count). The summed E-state index contributed by atoms with van der Waals surface area (Å²) in [6.45, 7) is 4.62. The molecule has 8 aromatic carbocycles. The molecule has 0 unspecified atom stereocenters. The van der Waals surface area contributed by atoms with E-state index >= 15 is 0 Å². The summed E-state index contributed by atoms with van der Waals surface area (Å²) < 4.78 is 0. The van der Waals surface area contributed by atoms with Gasteiger partial charge in [0.1, 0.15) is 0 Å². The van der Waals surface area contributed by atoms with Gasteiger partial charge in [0.2, 0.25) is 0 Å². The van der Waals surface area contributed by atoms with Gasteiger partial charge in [0.25, 0.3) is 0 Å². The van der Waals surface area contributed by atoms with Gasteiger partial charge >= 0.3 is 0 Å². The molecular formula is C48H33N3. The minimum atomic E-state index is -0.132. The van der Waals surface area contributed by atoms with E-state index in [0.29, 0.717) is 17.5 Å². The van der Waals surface area contributed by atoms with Crippen LogP contribution in [0.4, 0.5) is 0 Å². The minimum absolute atomic E-state index is 0.132. The maximum Gasteiger partial charge on any atom is 0.164 e. The number of hydrogen-bond acceptors (Lipinski definition) is 3. The predicted molar refractivity (Wildman–Crippen MR) is 212 cm³/mol. The Morgan fingerprint density at radius 2 is 0.824 bits per heavy atom. The number of aromatic nitrogens is 3. The van der Waals surface area contributed by atoms with Gasteiger partial charge in [-0.1, -0.05) is 166 Å². The fraction of sp³-hybridized carbons (Fsp3) is 0.0625. The van der Waals surface area contributed by atoms with E-state index in [4.69, 9.17) is 15.0 Å². The van der Waals surface area contributed by atoms with Crippen molar-refractivity contribution in [1.29, 1.82) is 0 Å². The van der Waals surface area contributed by atoms with Crippen LogP contribution in [0.5, 0.6) is 0 Å². The summed E-state index contributed by atoms with van der Waals surface area (Å²) in [6, 6.07) is 58.3. The smallest absolute Gasteiger partial charge is 0.164 e. The highest BCUT2D eigenvalue weighted by Gasteiger charge is 2.37. The van der Waals surface area contributed by atoms with E-state index in [1.165, 1.54) is 54.6 Å². The first kappa shape index (κ1) is 29.5. The number of benzene rings is 8. The molecule has 0 spiro atoms. The Morgan fingerprint density at radius 3 is 1.55 bits per heavy atom. The van der Waals surface area contributed by atoms with Gasteiger partial charge in [-0.3, -0.25) is 0 Å². The zero-order chi connectivity index (χ0) is 34.1. The van der Waals surface area contributed by atoms with Crippen LogP contribution in [0.3, 0.4) is 0 Å². The number of fused-ring (bicyclic) bond motifs is 9. The summed E-state index contributed by atoms with van der Waals surface area (Å²) in [5.41, 5.74) is 10.1. The maximum atomic E-state index is 5.31. The maximum absolute atomic E-state index is 5.31. The van der Waals surface area contributed by atoms with Crippen LogP contribution in [-0.2, 0) is 5.41 Å². The Labute approximate surface area is 297 Å². The summed E-state index contributed by atoms with van der Waals surface area (Å²) in [6.07, 6.45) is 0. The molecule has 1 aromatic heterocycles. The average molecular weight is 652 g/mol. The highest BCUT2D eigenvalue weighted by molar-refractivity contribution is 6.25. The van der Waals surface area contributed by atoms with Crippen LogP contribution in [0, 0.1) is 0 Å². The van der Waals surface area contributed by atoms with Crippen molar-refractivity contribution >= 4 is 32.3 Å². The molecule has 1 aliphatic rings. The molecule has 0 aliphatic heterocycles. The van der Waals surface area contributed by atoms with E-state index in [-0.39, 0.29) is 5.41 Å². The molecule has 0 saturated heterocycles. The summed E-state index contributed by atoms with van der Waals surface area (Å²) in [5.74, 6) is 1.98. The fourth-order valence-electron chi connectivity index (χ4n) is 8.21. The van der Waals surface area contributed by atoms with Crippen molar-refractivity contribution in [1.82, 2.24) is 15.0 Å². The van der Waals surface area contributed by atoms with Crippen molar-refractivity contribution < 1.29 is 0 Å². The van der Waals surface area contributed by atoms with E-state index in [2.05, 4.69) is 172 Å². The molecule has 0 fully saturated rings. The largest absolute Gasteiger partial charge is 0.208 e. The molecule has 0 amide bonds. The van der Waals surface area contributed by atoms with Gasteiger partial charge in [-0.25, -0.2) is 15.0 Å². The van der Waals surface area contributed by atoms with E-state index in [9.17, 15) is 0 Å². The van der Waals surface area contributed by atoms with Crippen LogP contribution in [0.15, 0.2) is 164 Å². The van der Waals surface area contributed by atoms with E-state index < -0.39 is 0 Å². The summed E-state index contributed by atoms with van der Waals surface area (Å²) in [5, 5.41) is 7.38. The predicted octanol–water partition coefficient (Wildman–Crippen LogP) is 12.3. The van der Waals surface area contributed by atoms with Gasteiger partial charge in [-0.2, -0.15) is 0 Å². The van der Waals surface area contributed by atoms with Crippen LogP contribution < -0.4 is 0 Å². The minimum Gasteiger partial charge on any atom is -0.208 e. The van der Waals surface area contributed by atoms with Crippen LogP contribution in [0.25, 0.3) is 88.7 Å². The monoisotopic (exact) mass is 651 g/mol. The molecule has 0 N–H and O–H groups in total. The number of rotatable bonds is 4. The zero-order valence-corrected chi connectivity index (χ0v) is 28.4. The lowest BCUT2D eigenvalue weighted by atomic mass is 9.82. The standard InChI is InChI=1S/C48H33N3/c1-48(2)42-24-11-10-22-39(42)44-40(23-13-25-43(44)48)47-50-45(32-17-12-16-31(28-32)30-14-4-3-5-15-30)49-46(51-47)33-26-27-38-36-20-7-6-18-34(36)35-19-8-9-21-37(35)41(38)29-33/h3-29H,1-2H3. The average Bonchev–Trinajstić information content (AvgIpc) is 3.44. The van der Waals surface area contributed by atoms with Crippen LogP contribution in [-0.4, -0.2) is 15.0 Å². The molecule has 3 heteroatoms. The lowest BCUT2D eigenvalue weighted by molar-refractivity contribution is 0.660. The topological polar surface area (TPSA) is 38.7 Å². The lowest BCUT2D eigenvalue weighted by Gasteiger charge is -2.21. The van der Waals surface area contributed by atoms with Crippen LogP contribution in [0.2, 0.25) is 0 Å². The van der Waals surface area contributed by atoms with Crippen LogP contribution >= 0.6 is 0 Å². The molecule has 0 saturated carbocycles. The third kappa shape index (κ3) is 4.62. The molecule has 3 nitrogen and oxygen atoms in total. The molecule has 51 heavy (non-hydrogen) atoms. The van der Waals surface area contributed by atoms with Gasteiger partial charge in [-0.15, -0.1) is 0 Å². The van der Waals surface area contributed by atoms with Crippen molar-refractivity contribution in [3.63, 3.8) is 0 Å². The Kier molecular flexibility index (Phi) is 6.53. The van der Waals surface area contributed by atoms with Gasteiger partial charge in [-0.05, 0) is 77.8 Å². The van der Waals surface area contributed by atoms with E-state index in [1.54, 1.807) is 0 Å². The van der Waals surface area contributed by atoms with Gasteiger partial charge < -0.3 is 0 Å². The molecule has 240 valence electrons. The summed E-state index contributed by atoms with van der Waals surface area (Å²) in [7, 11) is 0. The Balaban J connectivity index is 1.23. The first-order valence-corrected chi connectivity index (χ1v) is 17.5. The fourth-order valence-corrected chi connectivity index (χ4v) is 8.21. The van der Waals surface area contributed by atoms with Crippen LogP contribution in [0.1, 0.15) is 25.0 Å². The van der Waals surface area contributed by atoms with Gasteiger partial charge in [0.15, 0.2) is 17.5 Å². The zero-order valence-electron chi connectivity index (χ0n) is 28.4. The molecule has 9 aromatic rings. The molecule has 0 radical (unpaired) electrons. The normalized spacial score (nSPS) is 13.1. The molecular weight excluding hydrogens is 619 g/mol. The van der Waals surface area contributed by atoms with Crippen molar-refractivity contribution in [2.45, 2.75) is 19.3 Å². The number of hydrogen-bond donors (Lipinski definition) is 0. The third-order valence-corrected chi connectivity index (χ3v) is 10.7. The molecule has 0 bridgehead atoms. The van der Waals surface area contributed by atoms with Gasteiger partial charge in [0, 0.05) is 22.1 Å². The second-order valence-electron chi connectivity index (χ2n) is 14.0. The van der Waals surface area contributed by atoms with Crippen molar-refractivity contribution in [3.05, 3.63) is 175 Å². The summed E-state index contributed by atoms with van der Waals surface area (Å²) >= 11 is 0. The van der Waals surface area contributed by atoms with Crippen molar-refractivity contribution in [2.24, 2.45) is 0 Å². The first-order valence-electron chi connectivity index (χ1n) is 17.5. The molecule has 1 heterocycles. The Morgan fingerprint density at radius 1 is 0.333 bits per heavy atom. The van der Waals surface area contributed by atoms with Crippen molar-refractivity contribution in [2.75, 3.05) is 0 Å². The molecule has 0 atom stereocenters. The number of nitrogens with zero attached hydrogens (tertiary/aromatic N) is 3. The lowest BCUT2D eigenvalue weighted by Crippen LogP contribution is -2.14. The third-order valence-electron chi connectivity index (χ3n) is 10.7. The highest BCUT2D eigenvalue weighted by Crippen LogP contribution is 2.51. The van der Waals surface area contributed by atoms with Gasteiger partial charge in [0.05, 0.1) is 0 Å². The molecule has 1 aliphatic carbocycles. The van der Waals surface area contributed by atoms with E-state index in [1.807, 2.05) is 6.07 Å². The quantitative estimate of drug-likeness (QED) is 0.178. The highest BCUT2D eigenvalue weighted by atomic mass is 15.0. The second-order valence-corrected chi connectivity index (χ2v) is 14.0. The Bertz CT molecular complexity index is 2800. The first-order chi connectivity index (χ1) is 25.0. The summed E-state index contributed by atoms with van der Waals surface area (Å²) in [4.78, 5) is 15.8. The van der Waals surface area contributed by atoms with Crippen molar-refractivity contribution in [3.8, 4) is 56.4 Å². The van der Waals surface area contributed by atoms with E-state index in [0.717, 1.165) is 27.8 Å². The SMILES string of the molecule is CC1(C)c2ccccc2-c2c(-c3nc(-c4cccc(-c5ccccc5)c4)nc(-c4ccc5c6ccccc6c6ccccc6c5c4)n3)cccc21. The second kappa shape index (κ2) is 11.3.